The lowest BCUT2D eigenvalue weighted by molar-refractivity contribution is -2.00. The lowest BCUT2D eigenvalue weighted by atomic mass is 10.2. The highest BCUT2D eigenvalue weighted by Gasteiger charge is 2.50. The average molecular weight is 522 g/mol. The van der Waals surface area contributed by atoms with Crippen molar-refractivity contribution < 1.29 is 33.7 Å². The van der Waals surface area contributed by atoms with Crippen LogP contribution in [0.25, 0.3) is 6.08 Å². The van der Waals surface area contributed by atoms with Gasteiger partial charge in [-0.3, -0.25) is 10.1 Å². The number of carbonyl (C=O) groups is 1. The second-order valence-electron chi connectivity index (χ2n) is 7.68. The summed E-state index contributed by atoms with van der Waals surface area (Å²) >= 11 is 0. The molecule has 1 amide bonds. The van der Waals surface area contributed by atoms with Gasteiger partial charge in [0.05, 0.1) is 0 Å². The van der Waals surface area contributed by atoms with E-state index in [1.165, 1.54) is 15.9 Å². The molecule has 36 heavy (non-hydrogen) atoms. The third-order valence-electron chi connectivity index (χ3n) is 5.20. The fourth-order valence-corrected chi connectivity index (χ4v) is 8.18. The van der Waals surface area contributed by atoms with Crippen molar-refractivity contribution in [3.05, 3.63) is 132 Å². The molecule has 0 aromatic heterocycles. The zero-order valence-corrected chi connectivity index (χ0v) is 21.1. The van der Waals surface area contributed by atoms with Crippen LogP contribution in [0.2, 0.25) is 0 Å². The van der Waals surface area contributed by atoms with Crippen LogP contribution < -0.4 is 39.9 Å². The fourth-order valence-electron chi connectivity index (χ4n) is 3.92. The topological polar surface area (TPSA) is 121 Å². The lowest BCUT2D eigenvalue weighted by Gasteiger charge is -2.29. The van der Waals surface area contributed by atoms with Crippen LogP contribution in [0.4, 0.5) is 0 Å². The molecule has 184 valence electrons. The van der Waals surface area contributed by atoms with Crippen LogP contribution in [-0.2, 0) is 4.79 Å². The molecule has 0 radical (unpaired) electrons. The van der Waals surface area contributed by atoms with E-state index in [9.17, 15) is 4.79 Å². The molecule has 0 atom stereocenters. The minimum Gasteiger partial charge on any atom is -0.296 e. The molecule has 0 bridgehead atoms. The smallest absolute Gasteiger partial charge is 0.223 e. The second-order valence-corrected chi connectivity index (χ2v) is 11.8. The van der Waals surface area contributed by atoms with Gasteiger partial charge in [-0.05, 0) is 42.0 Å². The molecular formula is C28H25ClNO5P. The zero-order chi connectivity index (χ0) is 26.0. The first-order chi connectivity index (χ1) is 17.2. The summed E-state index contributed by atoms with van der Waals surface area (Å²) in [7, 11) is -7.30. The quantitative estimate of drug-likeness (QED) is 0.367. The molecular weight excluding hydrogens is 497 g/mol. The van der Waals surface area contributed by atoms with Gasteiger partial charge in [0.15, 0.2) is 12.7 Å². The van der Waals surface area contributed by atoms with E-state index in [1.54, 1.807) is 6.92 Å². The van der Waals surface area contributed by atoms with Gasteiger partial charge < -0.3 is 0 Å². The Kier molecular flexibility index (Phi) is 9.51. The van der Waals surface area contributed by atoms with Gasteiger partial charge in [-0.15, -0.1) is 10.2 Å². The van der Waals surface area contributed by atoms with Crippen molar-refractivity contribution in [3.8, 4) is 0 Å². The maximum Gasteiger partial charge on any atom is 0.223 e. The molecule has 4 aromatic carbocycles. The molecule has 4 rings (SSSR count). The SMILES string of the molecule is CC(=O)N/C(=C\c1ccccc1)[P+](c1ccccc1)(c1ccccc1)c1ccccc1.[O-][Cl+3]([O-])([O-])[O-]. The van der Waals surface area contributed by atoms with Crippen LogP contribution in [0.1, 0.15) is 12.5 Å². The van der Waals surface area contributed by atoms with Crippen molar-refractivity contribution in [2.75, 3.05) is 0 Å². The number of halogens is 1. The minimum absolute atomic E-state index is 0.0747. The highest BCUT2D eigenvalue weighted by molar-refractivity contribution is 7.99. The van der Waals surface area contributed by atoms with E-state index in [1.807, 2.05) is 36.4 Å². The highest BCUT2D eigenvalue weighted by atomic mass is 35.7. The third kappa shape index (κ3) is 7.33. The summed E-state index contributed by atoms with van der Waals surface area (Å²) in [6.45, 7) is 1.58. The zero-order valence-electron chi connectivity index (χ0n) is 19.5. The van der Waals surface area contributed by atoms with Crippen molar-refractivity contribution in [3.63, 3.8) is 0 Å². The Morgan fingerprint density at radius 2 is 0.944 bits per heavy atom. The van der Waals surface area contributed by atoms with Gasteiger partial charge in [0.1, 0.15) is 15.9 Å². The van der Waals surface area contributed by atoms with Crippen LogP contribution in [0, 0.1) is 10.2 Å². The lowest BCUT2D eigenvalue weighted by Crippen LogP contribution is -2.68. The predicted molar refractivity (Wildman–Crippen MR) is 133 cm³/mol. The molecule has 0 fully saturated rings. The summed E-state index contributed by atoms with van der Waals surface area (Å²) in [6, 6.07) is 41.8. The summed E-state index contributed by atoms with van der Waals surface area (Å²) in [5.41, 5.74) is 1.98. The first-order valence-electron chi connectivity index (χ1n) is 10.9. The Hall–Kier alpha value is -3.35. The molecule has 0 saturated carbocycles. The van der Waals surface area contributed by atoms with Gasteiger partial charge in [0.2, 0.25) is 5.91 Å². The van der Waals surface area contributed by atoms with Gasteiger partial charge in [-0.2, -0.15) is 0 Å². The number of nitrogens with one attached hydrogen (secondary N) is 1. The molecule has 0 spiro atoms. The fraction of sp³-hybridized carbons (Fsp3) is 0.0357. The van der Waals surface area contributed by atoms with Gasteiger partial charge in [0, 0.05) is 13.0 Å². The minimum atomic E-state index is -4.94. The van der Waals surface area contributed by atoms with Gasteiger partial charge >= 0.3 is 0 Å². The Labute approximate surface area is 213 Å². The van der Waals surface area contributed by atoms with Gasteiger partial charge in [-0.25, -0.2) is 18.6 Å². The Bertz CT molecular complexity index is 1160. The molecule has 0 aliphatic carbocycles. The molecule has 8 heteroatoms. The second kappa shape index (κ2) is 12.6. The molecule has 0 saturated heterocycles. The molecule has 0 aliphatic heterocycles. The number of amides is 1. The summed E-state index contributed by atoms with van der Waals surface area (Å²) in [4.78, 5) is 12.5. The summed E-state index contributed by atoms with van der Waals surface area (Å²) in [5.74, 6) is -0.0747. The summed E-state index contributed by atoms with van der Waals surface area (Å²) < 4.78 is 34.0. The van der Waals surface area contributed by atoms with Crippen molar-refractivity contribution in [1.82, 2.24) is 5.32 Å². The maximum absolute atomic E-state index is 12.5. The number of hydrogen-bond acceptors (Lipinski definition) is 5. The van der Waals surface area contributed by atoms with Crippen LogP contribution in [0.5, 0.6) is 0 Å². The first kappa shape index (κ1) is 27.2. The van der Waals surface area contributed by atoms with E-state index in [0.717, 1.165) is 11.0 Å². The molecule has 4 aromatic rings. The van der Waals surface area contributed by atoms with E-state index in [2.05, 4.69) is 96.3 Å². The average Bonchev–Trinajstić information content (AvgIpc) is 2.86. The molecule has 0 unspecified atom stereocenters. The van der Waals surface area contributed by atoms with Gasteiger partial charge in [0.25, 0.3) is 0 Å². The highest BCUT2D eigenvalue weighted by Crippen LogP contribution is 2.61. The van der Waals surface area contributed by atoms with Crippen molar-refractivity contribution >= 4 is 35.2 Å². The number of carbonyl (C=O) groups excluding carboxylic acids is 1. The van der Waals surface area contributed by atoms with Crippen LogP contribution in [-0.4, -0.2) is 5.91 Å². The first-order valence-corrected chi connectivity index (χ1v) is 14.0. The molecule has 0 heterocycles. The molecule has 1 N–H and O–H groups in total. The van der Waals surface area contributed by atoms with Crippen molar-refractivity contribution in [1.29, 1.82) is 0 Å². The largest absolute Gasteiger partial charge is 0.296 e. The van der Waals surface area contributed by atoms with E-state index < -0.39 is 17.5 Å². The summed E-state index contributed by atoms with van der Waals surface area (Å²) in [5, 5.41) is 6.83. The van der Waals surface area contributed by atoms with E-state index in [0.29, 0.717) is 0 Å². The van der Waals surface area contributed by atoms with Crippen LogP contribution >= 0.6 is 7.26 Å². The Balaban J connectivity index is 0.000000658. The van der Waals surface area contributed by atoms with Crippen molar-refractivity contribution in [2.45, 2.75) is 6.92 Å². The van der Waals surface area contributed by atoms with Crippen LogP contribution in [0.3, 0.4) is 0 Å². The summed E-state index contributed by atoms with van der Waals surface area (Å²) in [6.07, 6.45) is 2.13. The number of rotatable bonds is 6. The normalized spacial score (nSPS) is 11.8. The Morgan fingerprint density at radius 1 is 0.639 bits per heavy atom. The monoisotopic (exact) mass is 521 g/mol. The van der Waals surface area contributed by atoms with E-state index in [4.69, 9.17) is 18.6 Å². The standard InChI is InChI=1S/C28H24NOP.ClHO4/c1-23(30)29-28(22-24-14-6-2-7-15-24)31(25-16-8-3-9-17-25,26-18-10-4-11-19-26)27-20-12-5-13-21-27;2-1(3,4)5/h2-22H,1H3;(H,2,3,4,5)/b28-22+;. The molecule has 0 aliphatic rings. The van der Waals surface area contributed by atoms with E-state index >= 15 is 0 Å². The van der Waals surface area contributed by atoms with E-state index in [-0.39, 0.29) is 5.91 Å². The Morgan fingerprint density at radius 3 is 1.25 bits per heavy atom. The van der Waals surface area contributed by atoms with Crippen molar-refractivity contribution in [2.24, 2.45) is 0 Å². The third-order valence-corrected chi connectivity index (χ3v) is 9.38. The maximum atomic E-state index is 12.5. The number of hydrogen-bond donors (Lipinski definition) is 1. The predicted octanol–water partition coefficient (Wildman–Crippen LogP) is 0.359. The molecule has 6 nitrogen and oxygen atoms in total. The van der Waals surface area contributed by atoms with Crippen LogP contribution in [0.15, 0.2) is 127 Å². The number of benzene rings is 4. The van der Waals surface area contributed by atoms with Gasteiger partial charge in [-0.1, -0.05) is 84.9 Å².